The maximum absolute atomic E-state index is 13.6. The monoisotopic (exact) mass is 409 g/mol. The van der Waals surface area contributed by atoms with Crippen LogP contribution in [0.2, 0.25) is 0 Å². The molecule has 2 bridgehead atoms. The van der Waals surface area contributed by atoms with Crippen LogP contribution in [0.4, 0.5) is 11.4 Å². The number of carbonyl (C=O) groups excluding carboxylic acids is 1. The summed E-state index contributed by atoms with van der Waals surface area (Å²) in [5, 5.41) is 23.4. The van der Waals surface area contributed by atoms with Gasteiger partial charge in [-0.15, -0.1) is 0 Å². The van der Waals surface area contributed by atoms with Crippen molar-refractivity contribution in [1.29, 1.82) is 5.26 Å². The number of carbonyl (C=O) groups is 1. The van der Waals surface area contributed by atoms with E-state index in [9.17, 15) is 20.2 Å². The van der Waals surface area contributed by atoms with Gasteiger partial charge < -0.3 is 5.32 Å². The lowest BCUT2D eigenvalue weighted by Gasteiger charge is -2.50. The van der Waals surface area contributed by atoms with Gasteiger partial charge in [-0.3, -0.25) is 14.9 Å². The Morgan fingerprint density at radius 3 is 2.19 bits per heavy atom. The minimum Gasteiger partial charge on any atom is -0.324 e. The lowest BCUT2D eigenvalue weighted by Crippen LogP contribution is -2.47. The van der Waals surface area contributed by atoms with Crippen LogP contribution in [0.25, 0.3) is 0 Å². The molecule has 3 aromatic carbocycles. The fourth-order valence-electron chi connectivity index (χ4n) is 5.30. The van der Waals surface area contributed by atoms with Gasteiger partial charge in [0.2, 0.25) is 5.91 Å². The Hall–Kier alpha value is -3.98. The zero-order chi connectivity index (χ0) is 21.8. The second kappa shape index (κ2) is 6.78. The Morgan fingerprint density at radius 2 is 1.65 bits per heavy atom. The third kappa shape index (κ3) is 2.74. The number of amides is 1. The molecule has 6 nitrogen and oxygen atoms in total. The molecule has 0 heterocycles. The fraction of sp³-hybridized carbons (Fsp3) is 0.200. The number of hydrogen-bond acceptors (Lipinski definition) is 4. The zero-order valence-electron chi connectivity index (χ0n) is 16.8. The second-order valence-corrected chi connectivity index (χ2v) is 8.42. The van der Waals surface area contributed by atoms with E-state index in [1.54, 1.807) is 0 Å². The minimum absolute atomic E-state index is 0.0768. The van der Waals surface area contributed by atoms with Crippen LogP contribution < -0.4 is 5.32 Å². The third-order valence-electron chi connectivity index (χ3n) is 6.73. The minimum atomic E-state index is -0.720. The number of nitrogens with zero attached hydrogens (tertiary/aromatic N) is 2. The highest BCUT2D eigenvalue weighted by molar-refractivity contribution is 5.98. The first-order valence-electron chi connectivity index (χ1n) is 10.1. The van der Waals surface area contributed by atoms with Crippen molar-refractivity contribution in [2.45, 2.75) is 25.2 Å². The first-order valence-corrected chi connectivity index (χ1v) is 10.1. The summed E-state index contributed by atoms with van der Waals surface area (Å²) in [6, 6.07) is 22.4. The largest absolute Gasteiger partial charge is 0.324 e. The van der Waals surface area contributed by atoms with E-state index in [1.807, 2.05) is 37.3 Å². The molecular formula is C25H19N3O3. The molecule has 0 fully saturated rings. The van der Waals surface area contributed by atoms with Crippen LogP contribution in [0, 0.1) is 26.9 Å². The number of benzene rings is 3. The number of nitro benzene ring substituents is 1. The lowest BCUT2D eigenvalue weighted by atomic mass is 9.52. The standard InChI is InChI=1S/C25H19N3O3/c1-25(24(29)27-22-11-10-16(28(30)31)12-15(22)14-26)13-21-17-6-2-4-8-19(17)23(25)20-9-5-3-7-18(20)21/h2-12,21,23H,13H2,1H3,(H,27,29). The molecule has 0 radical (unpaired) electrons. The average Bonchev–Trinajstić information content (AvgIpc) is 2.79. The van der Waals surface area contributed by atoms with Crippen LogP contribution in [0.5, 0.6) is 0 Å². The fourth-order valence-corrected chi connectivity index (χ4v) is 5.30. The zero-order valence-corrected chi connectivity index (χ0v) is 16.8. The molecule has 6 heteroatoms. The third-order valence-corrected chi connectivity index (χ3v) is 6.73. The smallest absolute Gasteiger partial charge is 0.270 e. The number of non-ortho nitro benzene ring substituents is 1. The maximum Gasteiger partial charge on any atom is 0.270 e. The predicted molar refractivity (Wildman–Crippen MR) is 116 cm³/mol. The Kier molecular flexibility index (Phi) is 4.16. The molecule has 3 aliphatic carbocycles. The van der Waals surface area contributed by atoms with E-state index in [1.165, 1.54) is 40.5 Å². The summed E-state index contributed by atoms with van der Waals surface area (Å²) in [7, 11) is 0. The molecule has 1 amide bonds. The van der Waals surface area contributed by atoms with Crippen LogP contribution in [-0.2, 0) is 4.79 Å². The molecule has 1 unspecified atom stereocenters. The van der Waals surface area contributed by atoms with Gasteiger partial charge in [0.25, 0.3) is 5.69 Å². The van der Waals surface area contributed by atoms with Crippen LogP contribution in [0.15, 0.2) is 66.7 Å². The number of hydrogen-bond donors (Lipinski definition) is 1. The van der Waals surface area contributed by atoms with Crippen LogP contribution >= 0.6 is 0 Å². The molecule has 152 valence electrons. The van der Waals surface area contributed by atoms with Gasteiger partial charge in [-0.25, -0.2) is 0 Å². The van der Waals surface area contributed by atoms with Crippen molar-refractivity contribution in [3.8, 4) is 6.07 Å². The average molecular weight is 409 g/mol. The first kappa shape index (κ1) is 19.0. The number of nitrogens with one attached hydrogen (secondary N) is 1. The Labute approximate surface area is 179 Å². The molecule has 6 rings (SSSR count). The number of nitriles is 1. The summed E-state index contributed by atoms with van der Waals surface area (Å²) < 4.78 is 0. The molecule has 1 atom stereocenters. The highest BCUT2D eigenvalue weighted by Crippen LogP contribution is 2.61. The lowest BCUT2D eigenvalue weighted by molar-refractivity contribution is -0.384. The predicted octanol–water partition coefficient (Wildman–Crippen LogP) is 5.09. The van der Waals surface area contributed by atoms with Crippen LogP contribution in [0.1, 0.15) is 53.0 Å². The van der Waals surface area contributed by atoms with E-state index in [0.717, 1.165) is 0 Å². The molecule has 0 aliphatic heterocycles. The summed E-state index contributed by atoms with van der Waals surface area (Å²) in [6.45, 7) is 1.98. The van der Waals surface area contributed by atoms with E-state index in [2.05, 4.69) is 29.6 Å². The van der Waals surface area contributed by atoms with Gasteiger partial charge in [0, 0.05) is 24.0 Å². The molecule has 1 N–H and O–H groups in total. The SMILES string of the molecule is CC1(C(=O)Nc2ccc([N+](=O)[O-])cc2C#N)CC2c3ccccc3C1c1ccccc12. The Bertz CT molecular complexity index is 1250. The van der Waals surface area contributed by atoms with Gasteiger partial charge in [0.1, 0.15) is 6.07 Å². The molecular weight excluding hydrogens is 390 g/mol. The van der Waals surface area contributed by atoms with Crippen molar-refractivity contribution in [1.82, 2.24) is 0 Å². The quantitative estimate of drug-likeness (QED) is 0.481. The molecule has 0 spiro atoms. The van der Waals surface area contributed by atoms with Crippen molar-refractivity contribution in [2.75, 3.05) is 5.32 Å². The topological polar surface area (TPSA) is 96.0 Å². The number of rotatable bonds is 3. The maximum atomic E-state index is 13.6. The molecule has 0 saturated carbocycles. The Morgan fingerprint density at radius 1 is 1.06 bits per heavy atom. The number of nitro groups is 1. The molecule has 0 aromatic heterocycles. The second-order valence-electron chi connectivity index (χ2n) is 8.42. The summed E-state index contributed by atoms with van der Waals surface area (Å²) in [6.07, 6.45) is 0.659. The van der Waals surface area contributed by atoms with Gasteiger partial charge in [0.15, 0.2) is 0 Å². The first-order chi connectivity index (χ1) is 14.9. The number of anilines is 1. The van der Waals surface area contributed by atoms with Gasteiger partial charge in [-0.2, -0.15) is 5.26 Å². The Balaban J connectivity index is 1.57. The summed E-state index contributed by atoms with van der Waals surface area (Å²) in [5.41, 5.74) is 4.34. The van der Waals surface area contributed by atoms with E-state index in [0.29, 0.717) is 12.1 Å². The van der Waals surface area contributed by atoms with Crippen molar-refractivity contribution < 1.29 is 9.72 Å². The van der Waals surface area contributed by atoms with Gasteiger partial charge >= 0.3 is 0 Å². The van der Waals surface area contributed by atoms with E-state index in [4.69, 9.17) is 0 Å². The van der Waals surface area contributed by atoms with Gasteiger partial charge in [-0.05, 0) is 41.7 Å². The van der Waals surface area contributed by atoms with E-state index < -0.39 is 10.3 Å². The van der Waals surface area contributed by atoms with E-state index >= 15 is 0 Å². The highest BCUT2D eigenvalue weighted by Gasteiger charge is 2.53. The molecule has 0 saturated heterocycles. The normalized spacial score (nSPS) is 22.7. The van der Waals surface area contributed by atoms with Crippen molar-refractivity contribution in [3.63, 3.8) is 0 Å². The highest BCUT2D eigenvalue weighted by atomic mass is 16.6. The van der Waals surface area contributed by atoms with E-state index in [-0.39, 0.29) is 29.0 Å². The van der Waals surface area contributed by atoms with Crippen molar-refractivity contribution in [3.05, 3.63) is 105 Å². The van der Waals surface area contributed by atoms with Gasteiger partial charge in [0.05, 0.1) is 21.6 Å². The summed E-state index contributed by atoms with van der Waals surface area (Å²) in [4.78, 5) is 24.1. The van der Waals surface area contributed by atoms with Gasteiger partial charge in [-0.1, -0.05) is 48.5 Å². The summed E-state index contributed by atoms with van der Waals surface area (Å²) in [5.74, 6) is -0.161. The summed E-state index contributed by atoms with van der Waals surface area (Å²) >= 11 is 0. The molecule has 31 heavy (non-hydrogen) atoms. The van der Waals surface area contributed by atoms with Crippen LogP contribution in [0.3, 0.4) is 0 Å². The van der Waals surface area contributed by atoms with Crippen molar-refractivity contribution >= 4 is 17.3 Å². The van der Waals surface area contributed by atoms with Crippen LogP contribution in [-0.4, -0.2) is 10.8 Å². The van der Waals surface area contributed by atoms with Crippen molar-refractivity contribution in [2.24, 2.45) is 5.41 Å². The number of fused-ring (bicyclic) bond motifs is 1. The molecule has 3 aliphatic rings. The molecule has 3 aromatic rings.